The maximum atomic E-state index is 13.0. The van der Waals surface area contributed by atoms with E-state index >= 15 is 0 Å². The second-order valence-electron chi connectivity index (χ2n) is 8.10. The smallest absolute Gasteiger partial charge is 0.319 e. The Hall–Kier alpha value is -2.99. The molecule has 162 valence electrons. The van der Waals surface area contributed by atoms with E-state index in [1.54, 1.807) is 12.1 Å². The summed E-state index contributed by atoms with van der Waals surface area (Å²) in [5, 5.41) is 6.38. The molecule has 0 aliphatic carbocycles. The Morgan fingerprint density at radius 1 is 1.19 bits per heavy atom. The normalized spacial score (nSPS) is 17.8. The first-order valence-electron chi connectivity index (χ1n) is 10.5. The van der Waals surface area contributed by atoms with Crippen LogP contribution in [0, 0.1) is 12.8 Å². The highest BCUT2D eigenvalue weighted by Crippen LogP contribution is 2.30. The van der Waals surface area contributed by atoms with Gasteiger partial charge < -0.3 is 20.3 Å². The number of ether oxygens (including phenoxy) is 1. The second kappa shape index (κ2) is 9.43. The Kier molecular flexibility index (Phi) is 6.47. The molecule has 3 amide bonds. The average molecular weight is 440 g/mol. The Bertz CT molecular complexity index is 1000. The van der Waals surface area contributed by atoms with E-state index < -0.39 is 0 Å². The molecule has 0 radical (unpaired) electrons. The summed E-state index contributed by atoms with van der Waals surface area (Å²) < 4.78 is 5.73. The van der Waals surface area contributed by atoms with Crippen LogP contribution < -0.4 is 15.4 Å². The number of benzene rings is 2. The molecule has 2 aliphatic rings. The quantitative estimate of drug-likeness (QED) is 0.737. The van der Waals surface area contributed by atoms with E-state index in [1.165, 1.54) is 0 Å². The fraction of sp³-hybridized carbons (Fsp3) is 0.333. The van der Waals surface area contributed by atoms with Crippen molar-refractivity contribution in [3.05, 3.63) is 64.2 Å². The zero-order valence-corrected chi connectivity index (χ0v) is 18.2. The van der Waals surface area contributed by atoms with Crippen molar-refractivity contribution in [3.63, 3.8) is 0 Å². The molecule has 1 saturated heterocycles. The molecule has 2 N–H and O–H groups in total. The van der Waals surface area contributed by atoms with Gasteiger partial charge in [-0.2, -0.15) is 0 Å². The molecule has 1 fully saturated rings. The lowest BCUT2D eigenvalue weighted by Crippen LogP contribution is -2.45. The van der Waals surface area contributed by atoms with Gasteiger partial charge in [-0.3, -0.25) is 4.79 Å². The minimum absolute atomic E-state index is 0.0144. The molecule has 2 aromatic rings. The molecule has 2 aromatic carbocycles. The van der Waals surface area contributed by atoms with Gasteiger partial charge >= 0.3 is 6.03 Å². The fourth-order valence-corrected chi connectivity index (χ4v) is 4.12. The zero-order chi connectivity index (χ0) is 21.8. The first-order valence-corrected chi connectivity index (χ1v) is 10.9. The minimum atomic E-state index is -0.232. The number of aryl methyl sites for hydroxylation is 1. The van der Waals surface area contributed by atoms with Gasteiger partial charge in [-0.05, 0) is 62.1 Å². The molecule has 7 heteroatoms. The number of fused-ring (bicyclic) bond motifs is 1. The molecular formula is C24H26ClN3O3. The van der Waals surface area contributed by atoms with E-state index in [-0.39, 0.29) is 24.5 Å². The van der Waals surface area contributed by atoms with E-state index in [9.17, 15) is 9.59 Å². The number of carbonyl (C=O) groups is 2. The van der Waals surface area contributed by atoms with Crippen LogP contribution in [0.4, 0.5) is 10.5 Å². The highest BCUT2D eigenvalue weighted by Gasteiger charge is 2.27. The number of rotatable bonds is 4. The number of halogens is 1. The Morgan fingerprint density at radius 3 is 2.81 bits per heavy atom. The van der Waals surface area contributed by atoms with Crippen molar-refractivity contribution in [2.75, 3.05) is 31.6 Å². The summed E-state index contributed by atoms with van der Waals surface area (Å²) in [4.78, 5) is 27.1. The van der Waals surface area contributed by atoms with Crippen LogP contribution in [0.2, 0.25) is 5.02 Å². The molecule has 0 aromatic heterocycles. The summed E-state index contributed by atoms with van der Waals surface area (Å²) in [6, 6.07) is 12.8. The molecule has 0 spiro atoms. The van der Waals surface area contributed by atoms with E-state index in [0.717, 1.165) is 35.4 Å². The molecule has 2 aliphatic heterocycles. The number of carbonyl (C=O) groups excluding carboxylic acids is 2. The molecule has 4 rings (SSSR count). The van der Waals surface area contributed by atoms with Crippen LogP contribution in [-0.2, 0) is 4.79 Å². The van der Waals surface area contributed by atoms with Crippen molar-refractivity contribution in [2.24, 2.45) is 5.92 Å². The van der Waals surface area contributed by atoms with Gasteiger partial charge in [0.1, 0.15) is 12.4 Å². The fourth-order valence-electron chi connectivity index (χ4n) is 3.94. The van der Waals surface area contributed by atoms with Gasteiger partial charge in [0.2, 0.25) is 0 Å². The predicted octanol–water partition coefficient (Wildman–Crippen LogP) is 4.48. The summed E-state index contributed by atoms with van der Waals surface area (Å²) in [5.41, 5.74) is 3.35. The van der Waals surface area contributed by atoms with Crippen LogP contribution in [0.5, 0.6) is 5.75 Å². The highest BCUT2D eigenvalue weighted by atomic mass is 35.5. The van der Waals surface area contributed by atoms with Crippen LogP contribution in [0.1, 0.15) is 24.0 Å². The van der Waals surface area contributed by atoms with E-state index in [1.807, 2.05) is 48.2 Å². The molecule has 0 saturated carbocycles. The monoisotopic (exact) mass is 439 g/mol. The Labute approximate surface area is 187 Å². The molecule has 0 bridgehead atoms. The summed E-state index contributed by atoms with van der Waals surface area (Å²) in [5.74, 6) is 0.939. The maximum Gasteiger partial charge on any atom is 0.319 e. The van der Waals surface area contributed by atoms with Gasteiger partial charge in [0, 0.05) is 35.9 Å². The van der Waals surface area contributed by atoms with Crippen molar-refractivity contribution in [3.8, 4) is 5.75 Å². The minimum Gasteiger partial charge on any atom is -0.488 e. The van der Waals surface area contributed by atoms with E-state index in [4.69, 9.17) is 16.3 Å². The first kappa shape index (κ1) is 21.2. The number of nitrogens with zero attached hydrogens (tertiary/aromatic N) is 1. The molecule has 31 heavy (non-hydrogen) atoms. The predicted molar refractivity (Wildman–Crippen MR) is 122 cm³/mol. The summed E-state index contributed by atoms with van der Waals surface area (Å²) in [6.07, 6.45) is 3.75. The lowest BCUT2D eigenvalue weighted by Gasteiger charge is -2.34. The lowest BCUT2D eigenvalue weighted by molar-refractivity contribution is -0.129. The van der Waals surface area contributed by atoms with Crippen LogP contribution in [0.3, 0.4) is 0 Å². The van der Waals surface area contributed by atoms with Crippen LogP contribution >= 0.6 is 11.6 Å². The average Bonchev–Trinajstić information content (AvgIpc) is 2.78. The first-order chi connectivity index (χ1) is 15.0. The SMILES string of the molecule is Cc1ccc(NC(=O)NCC2CCCN(C(=O)C3=Cc4cc(Cl)ccc4OC3)C2)cc1. The van der Waals surface area contributed by atoms with Gasteiger partial charge in [-0.1, -0.05) is 29.3 Å². The number of urea groups is 1. The van der Waals surface area contributed by atoms with Crippen molar-refractivity contribution in [1.82, 2.24) is 10.2 Å². The largest absolute Gasteiger partial charge is 0.488 e. The van der Waals surface area contributed by atoms with Crippen molar-refractivity contribution in [2.45, 2.75) is 19.8 Å². The van der Waals surface area contributed by atoms with Crippen LogP contribution in [-0.4, -0.2) is 43.1 Å². The third-order valence-corrected chi connectivity index (χ3v) is 5.86. The Balaban J connectivity index is 1.31. The molecule has 2 heterocycles. The van der Waals surface area contributed by atoms with Gasteiger partial charge in [0.15, 0.2) is 0 Å². The summed E-state index contributed by atoms with van der Waals surface area (Å²) in [6.45, 7) is 4.11. The molecular weight excluding hydrogens is 414 g/mol. The third-order valence-electron chi connectivity index (χ3n) is 5.63. The number of likely N-dealkylation sites (tertiary alicyclic amines) is 1. The standard InChI is InChI=1S/C24H26ClN3O3/c1-16-4-7-21(8-5-16)27-24(30)26-13-17-3-2-10-28(14-17)23(29)19-11-18-12-20(25)6-9-22(18)31-15-19/h4-9,11-12,17H,2-3,10,13-15H2,1H3,(H2,26,27,30). The Morgan fingerprint density at radius 2 is 2.00 bits per heavy atom. The van der Waals surface area contributed by atoms with Gasteiger partial charge in [0.05, 0.1) is 5.57 Å². The summed E-state index contributed by atoms with van der Waals surface area (Å²) >= 11 is 6.07. The number of hydrogen-bond acceptors (Lipinski definition) is 3. The lowest BCUT2D eigenvalue weighted by atomic mass is 9.97. The number of piperidine rings is 1. The summed E-state index contributed by atoms with van der Waals surface area (Å²) in [7, 11) is 0. The number of anilines is 1. The number of hydrogen-bond donors (Lipinski definition) is 2. The highest BCUT2D eigenvalue weighted by molar-refractivity contribution is 6.30. The second-order valence-corrected chi connectivity index (χ2v) is 8.54. The van der Waals surface area contributed by atoms with E-state index in [0.29, 0.717) is 30.2 Å². The maximum absolute atomic E-state index is 13.0. The van der Waals surface area contributed by atoms with Crippen molar-refractivity contribution in [1.29, 1.82) is 0 Å². The van der Waals surface area contributed by atoms with Gasteiger partial charge in [-0.25, -0.2) is 4.79 Å². The number of nitrogens with one attached hydrogen (secondary N) is 2. The van der Waals surface area contributed by atoms with Crippen molar-refractivity contribution < 1.29 is 14.3 Å². The molecule has 6 nitrogen and oxygen atoms in total. The van der Waals surface area contributed by atoms with Crippen LogP contribution in [0.15, 0.2) is 48.0 Å². The zero-order valence-electron chi connectivity index (χ0n) is 17.5. The molecule has 1 unspecified atom stereocenters. The molecule has 1 atom stereocenters. The van der Waals surface area contributed by atoms with Gasteiger partial charge in [0.25, 0.3) is 5.91 Å². The van der Waals surface area contributed by atoms with E-state index in [2.05, 4.69) is 10.6 Å². The topological polar surface area (TPSA) is 70.7 Å². The van der Waals surface area contributed by atoms with Gasteiger partial charge in [-0.15, -0.1) is 0 Å². The third kappa shape index (κ3) is 5.39. The number of amides is 3. The van der Waals surface area contributed by atoms with Crippen molar-refractivity contribution >= 4 is 35.3 Å². The van der Waals surface area contributed by atoms with Crippen LogP contribution in [0.25, 0.3) is 6.08 Å².